The molecule has 0 bridgehead atoms. The van der Waals surface area contributed by atoms with Gasteiger partial charge in [0.25, 0.3) is 0 Å². The van der Waals surface area contributed by atoms with Gasteiger partial charge in [0.15, 0.2) is 0 Å². The van der Waals surface area contributed by atoms with E-state index in [1.807, 2.05) is 13.8 Å². The smallest absolute Gasteiger partial charge is 0.323 e. The van der Waals surface area contributed by atoms with Crippen molar-refractivity contribution >= 4 is 11.9 Å². The maximum absolute atomic E-state index is 11.6. The largest absolute Gasteiger partial charge is 0.466 e. The number of rotatable bonds is 8. The van der Waals surface area contributed by atoms with Gasteiger partial charge in [0.05, 0.1) is 13.2 Å². The third-order valence-corrected chi connectivity index (χ3v) is 2.05. The Bertz CT molecular complexity index is 241. The van der Waals surface area contributed by atoms with Crippen LogP contribution in [-0.4, -0.2) is 37.2 Å². The van der Waals surface area contributed by atoms with Crippen molar-refractivity contribution in [3.8, 4) is 0 Å². The second kappa shape index (κ2) is 8.98. The van der Waals surface area contributed by atoms with E-state index >= 15 is 0 Å². The third kappa shape index (κ3) is 7.74. The maximum atomic E-state index is 11.6. The molecule has 0 rings (SSSR count). The van der Waals surface area contributed by atoms with Crippen molar-refractivity contribution in [2.45, 2.75) is 52.6 Å². The number of hydrogen-bond donors (Lipinski definition) is 1. The van der Waals surface area contributed by atoms with Crippen LogP contribution in [0.25, 0.3) is 0 Å². The first kappa shape index (κ1) is 15.9. The minimum absolute atomic E-state index is 0.159. The molecular weight excluding hydrogens is 222 g/mol. The Balaban J connectivity index is 4.18. The molecule has 1 unspecified atom stereocenters. The minimum atomic E-state index is -0.445. The van der Waals surface area contributed by atoms with Crippen LogP contribution in [0.4, 0.5) is 0 Å². The number of nitrogens with one attached hydrogen (secondary N) is 1. The van der Waals surface area contributed by atoms with Gasteiger partial charge in [0, 0.05) is 12.5 Å². The van der Waals surface area contributed by atoms with Gasteiger partial charge in [-0.1, -0.05) is 13.8 Å². The van der Waals surface area contributed by atoms with E-state index in [1.54, 1.807) is 13.8 Å². The van der Waals surface area contributed by atoms with Gasteiger partial charge in [0.1, 0.15) is 6.04 Å². The molecule has 0 saturated carbocycles. The normalized spacial score (nSPS) is 12.3. The van der Waals surface area contributed by atoms with E-state index in [0.717, 1.165) is 0 Å². The molecule has 1 N–H and O–H groups in total. The molecule has 0 spiro atoms. The predicted molar refractivity (Wildman–Crippen MR) is 64.6 cm³/mol. The van der Waals surface area contributed by atoms with Gasteiger partial charge in [-0.3, -0.25) is 9.59 Å². The fraction of sp³-hybridized carbons (Fsp3) is 0.833. The second-order valence-electron chi connectivity index (χ2n) is 3.97. The first-order valence-corrected chi connectivity index (χ1v) is 6.09. The molecule has 0 aromatic rings. The van der Waals surface area contributed by atoms with Crippen molar-refractivity contribution in [3.63, 3.8) is 0 Å². The molecule has 17 heavy (non-hydrogen) atoms. The van der Waals surface area contributed by atoms with Crippen LogP contribution in [-0.2, 0) is 19.1 Å². The Morgan fingerprint density at radius 3 is 2.18 bits per heavy atom. The van der Waals surface area contributed by atoms with E-state index in [2.05, 4.69) is 5.32 Å². The van der Waals surface area contributed by atoms with Crippen LogP contribution < -0.4 is 5.32 Å². The molecule has 0 aromatic carbocycles. The molecule has 0 heterocycles. The summed E-state index contributed by atoms with van der Waals surface area (Å²) in [5.41, 5.74) is 0. The van der Waals surface area contributed by atoms with Gasteiger partial charge in [-0.15, -0.1) is 0 Å². The Morgan fingerprint density at radius 1 is 1.12 bits per heavy atom. The molecule has 5 heteroatoms. The van der Waals surface area contributed by atoms with Gasteiger partial charge in [0.2, 0.25) is 0 Å². The summed E-state index contributed by atoms with van der Waals surface area (Å²) in [5.74, 6) is -0.599. The van der Waals surface area contributed by atoms with E-state index in [-0.39, 0.29) is 24.4 Å². The van der Waals surface area contributed by atoms with Gasteiger partial charge >= 0.3 is 11.9 Å². The number of hydrogen-bond acceptors (Lipinski definition) is 5. The Kier molecular flexibility index (Phi) is 8.40. The standard InChI is InChI=1S/C12H23NO4/c1-5-16-11(14)8-7-10(13-9(3)4)12(15)17-6-2/h9-10,13H,5-8H2,1-4H3. The minimum Gasteiger partial charge on any atom is -0.466 e. The molecule has 0 aliphatic heterocycles. The lowest BCUT2D eigenvalue weighted by atomic mass is 10.1. The Hall–Kier alpha value is -1.10. The summed E-state index contributed by atoms with van der Waals surface area (Å²) in [6.07, 6.45) is 0.618. The maximum Gasteiger partial charge on any atom is 0.323 e. The molecule has 0 radical (unpaired) electrons. The zero-order valence-electron chi connectivity index (χ0n) is 11.1. The highest BCUT2D eigenvalue weighted by molar-refractivity contribution is 5.77. The fourth-order valence-electron chi connectivity index (χ4n) is 1.41. The SMILES string of the molecule is CCOC(=O)CCC(NC(C)C)C(=O)OCC. The van der Waals surface area contributed by atoms with Gasteiger partial charge in [-0.25, -0.2) is 0 Å². The number of esters is 2. The van der Waals surface area contributed by atoms with Crippen LogP contribution in [0, 0.1) is 0 Å². The van der Waals surface area contributed by atoms with E-state index < -0.39 is 6.04 Å². The molecule has 0 amide bonds. The summed E-state index contributed by atoms with van der Waals surface area (Å²) >= 11 is 0. The lowest BCUT2D eigenvalue weighted by Gasteiger charge is -2.19. The van der Waals surface area contributed by atoms with Crippen molar-refractivity contribution in [1.82, 2.24) is 5.32 Å². The second-order valence-corrected chi connectivity index (χ2v) is 3.97. The number of ether oxygens (including phenoxy) is 2. The van der Waals surface area contributed by atoms with Gasteiger partial charge < -0.3 is 14.8 Å². The highest BCUT2D eigenvalue weighted by atomic mass is 16.5. The summed E-state index contributed by atoms with van der Waals surface area (Å²) in [7, 11) is 0. The van der Waals surface area contributed by atoms with E-state index in [9.17, 15) is 9.59 Å². The van der Waals surface area contributed by atoms with E-state index in [1.165, 1.54) is 0 Å². The molecular formula is C12H23NO4. The van der Waals surface area contributed by atoms with Crippen LogP contribution >= 0.6 is 0 Å². The fourth-order valence-corrected chi connectivity index (χ4v) is 1.41. The third-order valence-electron chi connectivity index (χ3n) is 2.05. The predicted octanol–water partition coefficient (Wildman–Crippen LogP) is 1.26. The summed E-state index contributed by atoms with van der Waals surface area (Å²) in [5, 5.41) is 3.08. The molecule has 0 aliphatic rings. The average molecular weight is 245 g/mol. The van der Waals surface area contributed by atoms with Gasteiger partial charge in [-0.2, -0.15) is 0 Å². The number of carbonyl (C=O) groups is 2. The zero-order chi connectivity index (χ0) is 13.3. The lowest BCUT2D eigenvalue weighted by Crippen LogP contribution is -2.42. The quantitative estimate of drug-likeness (QED) is 0.652. The molecule has 0 aliphatic carbocycles. The van der Waals surface area contributed by atoms with Crippen LogP contribution in [0.15, 0.2) is 0 Å². The Morgan fingerprint density at radius 2 is 1.71 bits per heavy atom. The molecule has 100 valence electrons. The van der Waals surface area contributed by atoms with Crippen molar-refractivity contribution in [3.05, 3.63) is 0 Å². The summed E-state index contributed by atoms with van der Waals surface area (Å²) < 4.78 is 9.76. The van der Waals surface area contributed by atoms with Crippen LogP contribution in [0.2, 0.25) is 0 Å². The van der Waals surface area contributed by atoms with Crippen LogP contribution in [0.1, 0.15) is 40.5 Å². The van der Waals surface area contributed by atoms with E-state index in [0.29, 0.717) is 19.6 Å². The first-order valence-electron chi connectivity index (χ1n) is 6.09. The molecule has 0 saturated heterocycles. The molecule has 0 fully saturated rings. The molecule has 0 aromatic heterocycles. The van der Waals surface area contributed by atoms with Crippen molar-refractivity contribution in [2.75, 3.05) is 13.2 Å². The van der Waals surface area contributed by atoms with Crippen molar-refractivity contribution in [1.29, 1.82) is 0 Å². The Labute approximate surface area is 103 Å². The summed E-state index contributed by atoms with van der Waals surface area (Å²) in [4.78, 5) is 22.8. The highest BCUT2D eigenvalue weighted by Gasteiger charge is 2.21. The van der Waals surface area contributed by atoms with Crippen molar-refractivity contribution in [2.24, 2.45) is 0 Å². The van der Waals surface area contributed by atoms with Gasteiger partial charge in [-0.05, 0) is 20.3 Å². The van der Waals surface area contributed by atoms with Crippen molar-refractivity contribution < 1.29 is 19.1 Å². The topological polar surface area (TPSA) is 64.6 Å². The molecule has 1 atom stereocenters. The highest BCUT2D eigenvalue weighted by Crippen LogP contribution is 2.03. The van der Waals surface area contributed by atoms with E-state index in [4.69, 9.17) is 9.47 Å². The zero-order valence-corrected chi connectivity index (χ0v) is 11.1. The van der Waals surface area contributed by atoms with Crippen LogP contribution in [0.3, 0.4) is 0 Å². The average Bonchev–Trinajstić information content (AvgIpc) is 2.24. The first-order chi connectivity index (χ1) is 8.01. The molecule has 5 nitrogen and oxygen atoms in total. The van der Waals surface area contributed by atoms with Crippen LogP contribution in [0.5, 0.6) is 0 Å². The summed E-state index contributed by atoms with van der Waals surface area (Å²) in [6.45, 7) is 8.10. The monoisotopic (exact) mass is 245 g/mol. The number of carbonyl (C=O) groups excluding carboxylic acids is 2. The summed E-state index contributed by atoms with van der Waals surface area (Å²) in [6, 6.07) is -0.286. The lowest BCUT2D eigenvalue weighted by molar-refractivity contribution is -0.147.